The van der Waals surface area contributed by atoms with E-state index in [2.05, 4.69) is 52.3 Å². The summed E-state index contributed by atoms with van der Waals surface area (Å²) in [6.07, 6.45) is 3.91. The topological polar surface area (TPSA) is 26.7 Å². The van der Waals surface area contributed by atoms with Crippen molar-refractivity contribution in [2.75, 3.05) is 39.3 Å². The third-order valence-corrected chi connectivity index (χ3v) is 5.41. The maximum absolute atomic E-state index is 9.50. The Morgan fingerprint density at radius 2 is 1.74 bits per heavy atom. The fourth-order valence-corrected chi connectivity index (χ4v) is 4.02. The van der Waals surface area contributed by atoms with Crippen molar-refractivity contribution in [1.29, 1.82) is 0 Å². The largest absolute Gasteiger partial charge is 0.396 e. The molecule has 0 amide bonds. The van der Waals surface area contributed by atoms with E-state index >= 15 is 0 Å². The van der Waals surface area contributed by atoms with Gasteiger partial charge >= 0.3 is 0 Å². The van der Waals surface area contributed by atoms with E-state index in [-0.39, 0.29) is 6.61 Å². The number of aliphatic hydroxyl groups excluding tert-OH is 1. The molecule has 3 rings (SSSR count). The van der Waals surface area contributed by atoms with E-state index in [4.69, 9.17) is 11.6 Å². The first kappa shape index (κ1) is 20.1. The van der Waals surface area contributed by atoms with Gasteiger partial charge in [0.05, 0.1) is 0 Å². The number of benzene rings is 2. The summed E-state index contributed by atoms with van der Waals surface area (Å²) in [6, 6.07) is 21.2. The minimum atomic E-state index is 0.230. The van der Waals surface area contributed by atoms with Gasteiger partial charge in [0.15, 0.2) is 0 Å². The molecule has 0 radical (unpaired) electrons. The van der Waals surface area contributed by atoms with Crippen molar-refractivity contribution in [1.82, 2.24) is 9.80 Å². The lowest BCUT2D eigenvalue weighted by molar-refractivity contribution is 0.0658. The fourth-order valence-electron chi connectivity index (χ4n) is 3.72. The van der Waals surface area contributed by atoms with Gasteiger partial charge in [-0.2, -0.15) is 0 Å². The van der Waals surface area contributed by atoms with E-state index in [1.807, 2.05) is 24.3 Å². The fraction of sp³-hybridized carbons (Fsp3) is 0.391. The first-order valence-corrected chi connectivity index (χ1v) is 10.1. The lowest BCUT2D eigenvalue weighted by atomic mass is 10.1. The van der Waals surface area contributed by atoms with Crippen molar-refractivity contribution in [3.05, 3.63) is 76.8 Å². The highest BCUT2D eigenvalue weighted by atomic mass is 35.5. The normalized spacial score (nSPS) is 19.3. The first-order chi connectivity index (χ1) is 13.2. The maximum atomic E-state index is 9.50. The van der Waals surface area contributed by atoms with Crippen molar-refractivity contribution >= 4 is 17.7 Å². The zero-order valence-corrected chi connectivity index (χ0v) is 16.6. The molecule has 27 heavy (non-hydrogen) atoms. The Labute approximate surface area is 167 Å². The van der Waals surface area contributed by atoms with Gasteiger partial charge < -0.3 is 5.11 Å². The standard InChI is InChI=1S/C23H29ClN2O/c24-22(17-21-9-5-2-6-10-21)18-25-14-15-26(23(19-25)12-16-27)13-11-20-7-3-1-4-8-20/h1-10,17,23,27H,11-16,18-19H2/b22-17-/t23-/m1/s1. The molecule has 1 fully saturated rings. The number of rotatable bonds is 8. The average Bonchev–Trinajstić information content (AvgIpc) is 2.69. The third-order valence-electron chi connectivity index (χ3n) is 5.18. The van der Waals surface area contributed by atoms with Crippen LogP contribution in [-0.2, 0) is 6.42 Å². The van der Waals surface area contributed by atoms with E-state index < -0.39 is 0 Å². The van der Waals surface area contributed by atoms with Crippen molar-refractivity contribution in [2.24, 2.45) is 0 Å². The van der Waals surface area contributed by atoms with Gasteiger partial charge in [-0.1, -0.05) is 72.3 Å². The number of hydrogen-bond acceptors (Lipinski definition) is 3. The molecule has 4 heteroatoms. The van der Waals surface area contributed by atoms with Gasteiger partial charge in [0, 0.05) is 50.4 Å². The minimum absolute atomic E-state index is 0.230. The lowest BCUT2D eigenvalue weighted by Crippen LogP contribution is -2.54. The molecule has 0 spiro atoms. The second-order valence-corrected chi connectivity index (χ2v) is 7.66. The minimum Gasteiger partial charge on any atom is -0.396 e. The highest BCUT2D eigenvalue weighted by Crippen LogP contribution is 2.18. The number of hydrogen-bond donors (Lipinski definition) is 1. The summed E-state index contributed by atoms with van der Waals surface area (Å²) in [6.45, 7) is 5.02. The van der Waals surface area contributed by atoms with Crippen LogP contribution >= 0.6 is 11.6 Å². The van der Waals surface area contributed by atoms with E-state index in [1.54, 1.807) is 0 Å². The molecule has 0 aliphatic carbocycles. The summed E-state index contributed by atoms with van der Waals surface area (Å²) in [7, 11) is 0. The Kier molecular flexibility index (Phi) is 7.91. The average molecular weight is 385 g/mol. The molecule has 2 aromatic rings. The SMILES string of the molecule is OCC[C@@H]1CN(C/C(Cl)=C/c2ccccc2)CCN1CCc1ccccc1. The second kappa shape index (κ2) is 10.6. The quantitative estimate of drug-likeness (QED) is 0.748. The number of halogens is 1. The predicted octanol–water partition coefficient (Wildman–Crippen LogP) is 3.88. The third kappa shape index (κ3) is 6.47. The van der Waals surface area contributed by atoms with Gasteiger partial charge in [0.25, 0.3) is 0 Å². The molecule has 1 heterocycles. The zero-order chi connectivity index (χ0) is 18.9. The molecule has 0 bridgehead atoms. The number of aliphatic hydroxyl groups is 1. The van der Waals surface area contributed by atoms with Crippen LogP contribution in [0.1, 0.15) is 17.5 Å². The molecule has 1 N–H and O–H groups in total. The van der Waals surface area contributed by atoms with Crippen LogP contribution in [0.3, 0.4) is 0 Å². The van der Waals surface area contributed by atoms with E-state index in [0.29, 0.717) is 6.04 Å². The van der Waals surface area contributed by atoms with Crippen LogP contribution in [0.4, 0.5) is 0 Å². The molecule has 3 nitrogen and oxygen atoms in total. The number of piperazine rings is 1. The molecule has 0 aromatic heterocycles. The Balaban J connectivity index is 1.54. The number of nitrogens with zero attached hydrogens (tertiary/aromatic N) is 2. The Morgan fingerprint density at radius 1 is 1.04 bits per heavy atom. The Hall–Kier alpha value is -1.65. The van der Waals surface area contributed by atoms with Crippen LogP contribution in [0.15, 0.2) is 65.7 Å². The Bertz CT molecular complexity index is 705. The Morgan fingerprint density at radius 3 is 2.44 bits per heavy atom. The highest BCUT2D eigenvalue weighted by Gasteiger charge is 2.26. The second-order valence-electron chi connectivity index (χ2n) is 7.17. The first-order valence-electron chi connectivity index (χ1n) is 9.77. The van der Waals surface area contributed by atoms with Gasteiger partial charge in [-0.15, -0.1) is 0 Å². The van der Waals surface area contributed by atoms with Gasteiger partial charge in [0.1, 0.15) is 0 Å². The lowest BCUT2D eigenvalue weighted by Gasteiger charge is -2.41. The van der Waals surface area contributed by atoms with Gasteiger partial charge in [-0.05, 0) is 30.0 Å². The van der Waals surface area contributed by atoms with Crippen LogP contribution < -0.4 is 0 Å². The zero-order valence-electron chi connectivity index (χ0n) is 15.8. The van der Waals surface area contributed by atoms with Crippen LogP contribution in [0, 0.1) is 0 Å². The molecule has 1 aliphatic heterocycles. The van der Waals surface area contributed by atoms with Crippen LogP contribution in [0.5, 0.6) is 0 Å². The van der Waals surface area contributed by atoms with Crippen molar-refractivity contribution in [3.63, 3.8) is 0 Å². The summed E-state index contributed by atoms with van der Waals surface area (Å²) < 4.78 is 0. The molecule has 1 saturated heterocycles. The van der Waals surface area contributed by atoms with E-state index in [0.717, 1.165) is 56.2 Å². The van der Waals surface area contributed by atoms with Gasteiger partial charge in [-0.3, -0.25) is 9.80 Å². The van der Waals surface area contributed by atoms with E-state index in [9.17, 15) is 5.11 Å². The van der Waals surface area contributed by atoms with Crippen LogP contribution in [0.25, 0.3) is 6.08 Å². The summed E-state index contributed by atoms with van der Waals surface area (Å²) in [5.74, 6) is 0. The van der Waals surface area contributed by atoms with Crippen molar-refractivity contribution in [3.8, 4) is 0 Å². The molecule has 0 unspecified atom stereocenters. The highest BCUT2D eigenvalue weighted by molar-refractivity contribution is 6.31. The van der Waals surface area contributed by atoms with Crippen LogP contribution in [-0.4, -0.2) is 60.3 Å². The summed E-state index contributed by atoms with van der Waals surface area (Å²) in [5, 5.41) is 10.4. The van der Waals surface area contributed by atoms with Crippen molar-refractivity contribution in [2.45, 2.75) is 18.9 Å². The molecule has 1 atom stereocenters. The monoisotopic (exact) mass is 384 g/mol. The molecule has 0 saturated carbocycles. The molecular formula is C23H29ClN2O. The van der Waals surface area contributed by atoms with E-state index in [1.165, 1.54) is 5.56 Å². The molecule has 144 valence electrons. The van der Waals surface area contributed by atoms with Crippen molar-refractivity contribution < 1.29 is 5.11 Å². The summed E-state index contributed by atoms with van der Waals surface area (Å²) in [4.78, 5) is 4.93. The maximum Gasteiger partial charge on any atom is 0.0446 e. The molecular weight excluding hydrogens is 356 g/mol. The predicted molar refractivity (Wildman–Crippen MR) is 114 cm³/mol. The van der Waals surface area contributed by atoms with Gasteiger partial charge in [0.2, 0.25) is 0 Å². The summed E-state index contributed by atoms with van der Waals surface area (Å²) in [5.41, 5.74) is 2.51. The van der Waals surface area contributed by atoms with Crippen LogP contribution in [0.2, 0.25) is 0 Å². The molecule has 1 aliphatic rings. The summed E-state index contributed by atoms with van der Waals surface area (Å²) >= 11 is 6.51. The smallest absolute Gasteiger partial charge is 0.0446 e. The molecule has 2 aromatic carbocycles. The van der Waals surface area contributed by atoms with Gasteiger partial charge in [-0.25, -0.2) is 0 Å².